The Kier molecular flexibility index (Phi) is 7.18. The first-order valence-electron chi connectivity index (χ1n) is 8.53. The van der Waals surface area contributed by atoms with Crippen molar-refractivity contribution in [3.63, 3.8) is 0 Å². The topological polar surface area (TPSA) is 75.4 Å². The molecule has 1 heterocycles. The number of benzene rings is 2. The molecule has 1 aliphatic rings. The van der Waals surface area contributed by atoms with Crippen LogP contribution in [0.15, 0.2) is 60.7 Å². The van der Waals surface area contributed by atoms with Gasteiger partial charge in [0.05, 0.1) is 5.92 Å². The molecule has 0 aliphatic carbocycles. The molecule has 2 aromatic carbocycles. The predicted molar refractivity (Wildman–Crippen MR) is 104 cm³/mol. The quantitative estimate of drug-likeness (QED) is 0.815. The smallest absolute Gasteiger partial charge is 0.225 e. The molecule has 2 atom stereocenters. The van der Waals surface area contributed by atoms with E-state index in [0.29, 0.717) is 19.6 Å². The van der Waals surface area contributed by atoms with Gasteiger partial charge in [-0.1, -0.05) is 60.7 Å². The van der Waals surface area contributed by atoms with Crippen molar-refractivity contribution in [3.8, 4) is 0 Å². The van der Waals surface area contributed by atoms with Crippen LogP contribution in [0, 0.1) is 5.92 Å². The van der Waals surface area contributed by atoms with E-state index in [4.69, 9.17) is 5.73 Å². The molecule has 2 amide bonds. The zero-order valence-corrected chi connectivity index (χ0v) is 15.3. The molecule has 0 radical (unpaired) electrons. The fourth-order valence-electron chi connectivity index (χ4n) is 3.08. The van der Waals surface area contributed by atoms with Crippen molar-refractivity contribution in [1.82, 2.24) is 10.2 Å². The highest BCUT2D eigenvalue weighted by atomic mass is 35.5. The minimum Gasteiger partial charge on any atom is -0.354 e. The summed E-state index contributed by atoms with van der Waals surface area (Å²) in [5.41, 5.74) is 8.16. The highest BCUT2D eigenvalue weighted by Gasteiger charge is 2.34. The van der Waals surface area contributed by atoms with Gasteiger partial charge in [0.1, 0.15) is 0 Å². The molecule has 3 N–H and O–H groups in total. The molecule has 26 heavy (non-hydrogen) atoms. The second-order valence-electron chi connectivity index (χ2n) is 6.42. The molecule has 6 heteroatoms. The average Bonchev–Trinajstić information content (AvgIpc) is 3.01. The molecule has 1 saturated heterocycles. The SMILES string of the molecule is Cl.NC(CNC(=O)C1CC(=O)N(Cc2ccccc2)C1)c1ccccc1. The van der Waals surface area contributed by atoms with Crippen LogP contribution in [-0.2, 0) is 16.1 Å². The third-order valence-electron chi connectivity index (χ3n) is 4.53. The summed E-state index contributed by atoms with van der Waals surface area (Å²) in [4.78, 5) is 26.3. The Labute approximate surface area is 160 Å². The van der Waals surface area contributed by atoms with Crippen LogP contribution in [0.25, 0.3) is 0 Å². The number of carbonyl (C=O) groups is 2. The summed E-state index contributed by atoms with van der Waals surface area (Å²) in [5, 5.41) is 2.88. The van der Waals surface area contributed by atoms with E-state index in [-0.39, 0.29) is 42.6 Å². The lowest BCUT2D eigenvalue weighted by Gasteiger charge is -2.17. The Morgan fingerprint density at radius 2 is 1.73 bits per heavy atom. The van der Waals surface area contributed by atoms with Crippen molar-refractivity contribution < 1.29 is 9.59 Å². The molecule has 138 valence electrons. The lowest BCUT2D eigenvalue weighted by molar-refractivity contribution is -0.129. The molecule has 0 aromatic heterocycles. The fourth-order valence-corrected chi connectivity index (χ4v) is 3.08. The molecule has 2 aromatic rings. The Morgan fingerprint density at radius 3 is 2.38 bits per heavy atom. The third-order valence-corrected chi connectivity index (χ3v) is 4.53. The van der Waals surface area contributed by atoms with Gasteiger partial charge in [0.15, 0.2) is 0 Å². The third kappa shape index (κ3) is 5.07. The van der Waals surface area contributed by atoms with Gasteiger partial charge in [-0.2, -0.15) is 0 Å². The van der Waals surface area contributed by atoms with Gasteiger partial charge in [-0.05, 0) is 11.1 Å². The van der Waals surface area contributed by atoms with E-state index >= 15 is 0 Å². The van der Waals surface area contributed by atoms with E-state index in [1.165, 1.54) is 0 Å². The summed E-state index contributed by atoms with van der Waals surface area (Å²) in [5.74, 6) is -0.383. The first kappa shape index (κ1) is 19.9. The highest BCUT2D eigenvalue weighted by Crippen LogP contribution is 2.20. The highest BCUT2D eigenvalue weighted by molar-refractivity contribution is 5.89. The first-order chi connectivity index (χ1) is 12.1. The average molecular weight is 374 g/mol. The monoisotopic (exact) mass is 373 g/mol. The van der Waals surface area contributed by atoms with Crippen molar-refractivity contribution in [3.05, 3.63) is 71.8 Å². The lowest BCUT2D eigenvalue weighted by Crippen LogP contribution is -2.37. The molecule has 3 rings (SSSR count). The molecule has 1 fully saturated rings. The standard InChI is InChI=1S/C20H23N3O2.ClH/c21-18(16-9-5-2-6-10-16)12-22-20(25)17-11-19(24)23(14-17)13-15-7-3-1-4-8-15;/h1-10,17-18H,11-14,21H2,(H,22,25);1H. The molecule has 0 spiro atoms. The second kappa shape index (κ2) is 9.36. The Balaban J connectivity index is 0.00000243. The van der Waals surface area contributed by atoms with E-state index in [2.05, 4.69) is 5.32 Å². The van der Waals surface area contributed by atoms with Gasteiger partial charge in [0.2, 0.25) is 11.8 Å². The summed E-state index contributed by atoms with van der Waals surface area (Å²) >= 11 is 0. The van der Waals surface area contributed by atoms with Crippen LogP contribution in [0.2, 0.25) is 0 Å². The normalized spacial score (nSPS) is 17.5. The Morgan fingerprint density at radius 1 is 1.12 bits per heavy atom. The van der Waals surface area contributed by atoms with Crippen LogP contribution in [0.5, 0.6) is 0 Å². The molecule has 0 bridgehead atoms. The maximum atomic E-state index is 12.4. The van der Waals surface area contributed by atoms with E-state index in [1.54, 1.807) is 4.90 Å². The number of hydrogen-bond acceptors (Lipinski definition) is 3. The molecule has 5 nitrogen and oxygen atoms in total. The van der Waals surface area contributed by atoms with Crippen LogP contribution in [0.3, 0.4) is 0 Å². The maximum Gasteiger partial charge on any atom is 0.225 e. The van der Waals surface area contributed by atoms with Gasteiger partial charge < -0.3 is 16.0 Å². The Bertz CT molecular complexity index is 724. The summed E-state index contributed by atoms with van der Waals surface area (Å²) in [7, 11) is 0. The number of carbonyl (C=O) groups excluding carboxylic acids is 2. The van der Waals surface area contributed by atoms with Gasteiger partial charge in [0.25, 0.3) is 0 Å². The zero-order chi connectivity index (χ0) is 17.6. The van der Waals surface area contributed by atoms with E-state index in [9.17, 15) is 9.59 Å². The summed E-state index contributed by atoms with van der Waals surface area (Å²) < 4.78 is 0. The first-order valence-corrected chi connectivity index (χ1v) is 8.53. The summed E-state index contributed by atoms with van der Waals surface area (Å²) in [6, 6.07) is 19.2. The lowest BCUT2D eigenvalue weighted by atomic mass is 10.1. The van der Waals surface area contributed by atoms with Crippen molar-refractivity contribution in [2.45, 2.75) is 19.0 Å². The van der Waals surface area contributed by atoms with E-state index in [0.717, 1.165) is 11.1 Å². The van der Waals surface area contributed by atoms with Gasteiger partial charge in [-0.25, -0.2) is 0 Å². The number of amides is 2. The van der Waals surface area contributed by atoms with E-state index in [1.807, 2.05) is 60.7 Å². The number of halogens is 1. The molecule has 1 aliphatic heterocycles. The van der Waals surface area contributed by atoms with Gasteiger partial charge >= 0.3 is 0 Å². The number of rotatable bonds is 6. The van der Waals surface area contributed by atoms with E-state index < -0.39 is 0 Å². The van der Waals surface area contributed by atoms with Crippen molar-refractivity contribution in [1.29, 1.82) is 0 Å². The van der Waals surface area contributed by atoms with Crippen LogP contribution >= 0.6 is 12.4 Å². The second-order valence-corrected chi connectivity index (χ2v) is 6.42. The number of nitrogens with zero attached hydrogens (tertiary/aromatic N) is 1. The van der Waals surface area contributed by atoms with Crippen molar-refractivity contribution >= 4 is 24.2 Å². The van der Waals surface area contributed by atoms with Gasteiger partial charge in [0, 0.05) is 32.1 Å². The number of likely N-dealkylation sites (tertiary alicyclic amines) is 1. The molecular formula is C20H24ClN3O2. The molecular weight excluding hydrogens is 350 g/mol. The van der Waals surface area contributed by atoms with Crippen LogP contribution in [0.1, 0.15) is 23.6 Å². The number of nitrogens with one attached hydrogen (secondary N) is 1. The summed E-state index contributed by atoms with van der Waals surface area (Å²) in [6.07, 6.45) is 0.263. The van der Waals surface area contributed by atoms with Crippen LogP contribution in [0.4, 0.5) is 0 Å². The van der Waals surface area contributed by atoms with Crippen LogP contribution in [-0.4, -0.2) is 29.8 Å². The largest absolute Gasteiger partial charge is 0.354 e. The van der Waals surface area contributed by atoms with Gasteiger partial charge in [-0.15, -0.1) is 12.4 Å². The minimum absolute atomic E-state index is 0. The van der Waals surface area contributed by atoms with Crippen molar-refractivity contribution in [2.24, 2.45) is 11.7 Å². The van der Waals surface area contributed by atoms with Crippen molar-refractivity contribution in [2.75, 3.05) is 13.1 Å². The number of hydrogen-bond donors (Lipinski definition) is 2. The fraction of sp³-hybridized carbons (Fsp3) is 0.300. The van der Waals surface area contributed by atoms with Crippen LogP contribution < -0.4 is 11.1 Å². The zero-order valence-electron chi connectivity index (χ0n) is 14.5. The van der Waals surface area contributed by atoms with Gasteiger partial charge in [-0.3, -0.25) is 9.59 Å². The summed E-state index contributed by atoms with van der Waals surface area (Å²) in [6.45, 7) is 1.37. The molecule has 2 unspecified atom stereocenters. The predicted octanol–water partition coefficient (Wildman–Crippen LogP) is 2.27. The maximum absolute atomic E-state index is 12.4. The minimum atomic E-state index is -0.306. The molecule has 0 saturated carbocycles. The Hall–Kier alpha value is -2.37. The number of nitrogens with two attached hydrogens (primary N) is 1.